The van der Waals surface area contributed by atoms with Crippen molar-refractivity contribution >= 4 is 34.4 Å². The second kappa shape index (κ2) is 8.15. The first-order valence-electron chi connectivity index (χ1n) is 10.6. The fraction of sp³-hybridized carbons (Fsp3) is 0.240. The molecular formula is C25H25N5S2. The zero-order valence-electron chi connectivity index (χ0n) is 18.5. The average molecular weight is 460 g/mol. The lowest BCUT2D eigenvalue weighted by Crippen LogP contribution is -2.29. The maximum atomic E-state index is 5.90. The van der Waals surface area contributed by atoms with Crippen molar-refractivity contribution in [1.29, 1.82) is 0 Å². The van der Waals surface area contributed by atoms with Gasteiger partial charge in [0.05, 0.1) is 17.8 Å². The molecule has 1 aliphatic heterocycles. The summed E-state index contributed by atoms with van der Waals surface area (Å²) in [5.74, 6) is 0. The Morgan fingerprint density at radius 2 is 1.75 bits per heavy atom. The molecule has 162 valence electrons. The number of pyridine rings is 1. The van der Waals surface area contributed by atoms with Gasteiger partial charge in [-0.05, 0) is 86.9 Å². The minimum absolute atomic E-state index is 0.0292. The van der Waals surface area contributed by atoms with E-state index < -0.39 is 0 Å². The monoisotopic (exact) mass is 459 g/mol. The lowest BCUT2D eigenvalue weighted by atomic mass is 9.96. The Balaban J connectivity index is 1.70. The molecule has 1 N–H and O–H groups in total. The van der Waals surface area contributed by atoms with Gasteiger partial charge in [0, 0.05) is 34.8 Å². The Hall–Kier alpha value is -3.03. The largest absolute Gasteiger partial charge is 0.351 e. The first kappa shape index (κ1) is 20.8. The summed E-state index contributed by atoms with van der Waals surface area (Å²) in [4.78, 5) is 11.5. The zero-order chi connectivity index (χ0) is 22.4. The van der Waals surface area contributed by atoms with Gasteiger partial charge in [-0.2, -0.15) is 0 Å². The average Bonchev–Trinajstić information content (AvgIpc) is 3.46. The Bertz CT molecular complexity index is 1260. The summed E-state index contributed by atoms with van der Waals surface area (Å²) in [6, 6.07) is 14.8. The van der Waals surface area contributed by atoms with Crippen LogP contribution in [0.15, 0.2) is 60.2 Å². The van der Waals surface area contributed by atoms with Crippen molar-refractivity contribution in [2.45, 2.75) is 39.8 Å². The van der Waals surface area contributed by atoms with Gasteiger partial charge >= 0.3 is 0 Å². The standard InChI is InChI=1S/C25H25N5S2/c1-15-11-16(2)13-19(12-15)30-23(22(28-24(30)31)21-7-5-6-8-26-21)20-14-17(3)29(18(20)4)25-27-9-10-32-25/h5-14,22-23H,1-4H3,(H,28,31)/t22-,23+/m0/s1. The molecule has 2 atom stereocenters. The van der Waals surface area contributed by atoms with E-state index >= 15 is 0 Å². The van der Waals surface area contributed by atoms with Gasteiger partial charge in [-0.3, -0.25) is 9.55 Å². The van der Waals surface area contributed by atoms with E-state index in [9.17, 15) is 0 Å². The van der Waals surface area contributed by atoms with Gasteiger partial charge in [0.15, 0.2) is 10.2 Å². The number of thiocarbonyl (C=S) groups is 1. The van der Waals surface area contributed by atoms with Crippen LogP contribution in [-0.2, 0) is 0 Å². The third-order valence-corrected chi connectivity index (χ3v) is 7.05. The minimum atomic E-state index is -0.0604. The molecule has 1 aliphatic rings. The van der Waals surface area contributed by atoms with Crippen molar-refractivity contribution in [2.75, 3.05) is 4.90 Å². The smallest absolute Gasteiger partial charge is 0.193 e. The SMILES string of the molecule is Cc1cc(C)cc(N2C(=S)N[C@@H](c3ccccn3)[C@H]2c2cc(C)n(-c3nccs3)c2C)c1. The Labute approximate surface area is 197 Å². The number of nitrogens with zero attached hydrogens (tertiary/aromatic N) is 4. The second-order valence-corrected chi connectivity index (χ2v) is 9.58. The van der Waals surface area contributed by atoms with Crippen molar-refractivity contribution in [2.24, 2.45) is 0 Å². The van der Waals surface area contributed by atoms with E-state index in [2.05, 4.69) is 82.8 Å². The van der Waals surface area contributed by atoms with Crippen LogP contribution in [0, 0.1) is 27.7 Å². The second-order valence-electron chi connectivity index (χ2n) is 8.32. The molecule has 0 amide bonds. The molecule has 1 aromatic carbocycles. The van der Waals surface area contributed by atoms with Crippen LogP contribution in [0.1, 0.15) is 45.9 Å². The maximum absolute atomic E-state index is 5.90. The Kier molecular flexibility index (Phi) is 5.31. The van der Waals surface area contributed by atoms with Crippen LogP contribution in [0.3, 0.4) is 0 Å². The fourth-order valence-electron chi connectivity index (χ4n) is 4.75. The minimum Gasteiger partial charge on any atom is -0.351 e. The van der Waals surface area contributed by atoms with Crippen molar-refractivity contribution in [3.8, 4) is 5.13 Å². The van der Waals surface area contributed by atoms with Crippen LogP contribution < -0.4 is 10.2 Å². The van der Waals surface area contributed by atoms with Gasteiger partial charge in [-0.25, -0.2) is 4.98 Å². The number of nitrogens with one attached hydrogen (secondary N) is 1. The number of rotatable bonds is 4. The topological polar surface area (TPSA) is 46.0 Å². The highest BCUT2D eigenvalue weighted by Crippen LogP contribution is 2.44. The van der Waals surface area contributed by atoms with Gasteiger partial charge in [-0.1, -0.05) is 12.1 Å². The Morgan fingerprint density at radius 1 is 0.969 bits per heavy atom. The van der Waals surface area contributed by atoms with E-state index in [0.29, 0.717) is 0 Å². The van der Waals surface area contributed by atoms with Crippen LogP contribution in [0.2, 0.25) is 0 Å². The number of thiazole rings is 1. The summed E-state index contributed by atoms with van der Waals surface area (Å²) in [6.45, 7) is 8.56. The van der Waals surface area contributed by atoms with Crippen LogP contribution in [0.4, 0.5) is 5.69 Å². The molecule has 32 heavy (non-hydrogen) atoms. The third-order valence-electron chi connectivity index (χ3n) is 5.98. The highest BCUT2D eigenvalue weighted by atomic mass is 32.1. The molecule has 5 rings (SSSR count). The molecule has 0 spiro atoms. The number of benzene rings is 1. The van der Waals surface area contributed by atoms with E-state index in [1.165, 1.54) is 22.4 Å². The quantitative estimate of drug-likeness (QED) is 0.394. The normalized spacial score (nSPS) is 18.2. The van der Waals surface area contributed by atoms with Crippen LogP contribution >= 0.6 is 23.6 Å². The van der Waals surface area contributed by atoms with Crippen LogP contribution in [0.25, 0.3) is 5.13 Å². The van der Waals surface area contributed by atoms with E-state index in [4.69, 9.17) is 12.2 Å². The maximum Gasteiger partial charge on any atom is 0.193 e. The van der Waals surface area contributed by atoms with E-state index in [1.807, 2.05) is 29.9 Å². The summed E-state index contributed by atoms with van der Waals surface area (Å²) in [6.07, 6.45) is 3.69. The molecule has 1 fully saturated rings. The van der Waals surface area contributed by atoms with Crippen LogP contribution in [0.5, 0.6) is 0 Å². The molecule has 0 bridgehead atoms. The first-order valence-corrected chi connectivity index (χ1v) is 11.9. The zero-order valence-corrected chi connectivity index (χ0v) is 20.2. The number of aryl methyl sites for hydroxylation is 3. The Morgan fingerprint density at radius 3 is 2.41 bits per heavy atom. The highest BCUT2D eigenvalue weighted by molar-refractivity contribution is 7.80. The molecule has 0 radical (unpaired) electrons. The van der Waals surface area contributed by atoms with Crippen molar-refractivity contribution in [1.82, 2.24) is 19.9 Å². The number of hydrogen-bond acceptors (Lipinski definition) is 4. The third kappa shape index (κ3) is 3.51. The molecule has 4 aromatic rings. The molecule has 5 nitrogen and oxygen atoms in total. The predicted octanol–water partition coefficient (Wildman–Crippen LogP) is 5.74. The molecular weight excluding hydrogens is 434 g/mol. The van der Waals surface area contributed by atoms with Gasteiger partial charge in [0.2, 0.25) is 0 Å². The number of hydrogen-bond donors (Lipinski definition) is 1. The molecule has 0 aliphatic carbocycles. The van der Waals surface area contributed by atoms with Gasteiger partial charge in [0.1, 0.15) is 0 Å². The van der Waals surface area contributed by atoms with Crippen molar-refractivity contribution in [3.05, 3.63) is 94.0 Å². The van der Waals surface area contributed by atoms with Crippen molar-refractivity contribution < 1.29 is 0 Å². The highest BCUT2D eigenvalue weighted by Gasteiger charge is 2.42. The lowest BCUT2D eigenvalue weighted by molar-refractivity contribution is 0.565. The fourth-order valence-corrected chi connectivity index (χ4v) is 5.84. The molecule has 7 heteroatoms. The molecule has 1 saturated heterocycles. The first-order chi connectivity index (χ1) is 15.4. The summed E-state index contributed by atoms with van der Waals surface area (Å²) in [5.41, 5.74) is 8.06. The number of anilines is 1. The molecule has 0 unspecified atom stereocenters. The molecule has 0 saturated carbocycles. The van der Waals surface area contributed by atoms with Crippen molar-refractivity contribution in [3.63, 3.8) is 0 Å². The van der Waals surface area contributed by atoms with Gasteiger partial charge in [-0.15, -0.1) is 11.3 Å². The summed E-state index contributed by atoms with van der Waals surface area (Å²) in [7, 11) is 0. The van der Waals surface area contributed by atoms with Gasteiger partial charge < -0.3 is 10.2 Å². The molecule has 3 aromatic heterocycles. The summed E-state index contributed by atoms with van der Waals surface area (Å²) >= 11 is 7.54. The van der Waals surface area contributed by atoms with E-state index in [0.717, 1.165) is 27.3 Å². The van der Waals surface area contributed by atoms with E-state index in [1.54, 1.807) is 11.3 Å². The summed E-state index contributed by atoms with van der Waals surface area (Å²) < 4.78 is 2.23. The predicted molar refractivity (Wildman–Crippen MR) is 135 cm³/mol. The number of aromatic nitrogens is 3. The van der Waals surface area contributed by atoms with Crippen LogP contribution in [-0.4, -0.2) is 19.6 Å². The lowest BCUT2D eigenvalue weighted by Gasteiger charge is -2.28. The van der Waals surface area contributed by atoms with Gasteiger partial charge in [0.25, 0.3) is 0 Å². The molecule has 4 heterocycles. The summed E-state index contributed by atoms with van der Waals surface area (Å²) in [5, 5.41) is 7.28. The van der Waals surface area contributed by atoms with E-state index in [-0.39, 0.29) is 12.1 Å².